The topological polar surface area (TPSA) is 84.9 Å². The van der Waals surface area contributed by atoms with E-state index in [0.717, 1.165) is 11.6 Å². The second-order valence-corrected chi connectivity index (χ2v) is 4.72. The second kappa shape index (κ2) is 8.43. The van der Waals surface area contributed by atoms with Crippen molar-refractivity contribution in [3.63, 3.8) is 0 Å². The molecule has 6 nitrogen and oxygen atoms in total. The van der Waals surface area contributed by atoms with Crippen molar-refractivity contribution in [2.24, 2.45) is 0 Å². The molecule has 0 aliphatic carbocycles. The molecule has 0 aromatic heterocycles. The van der Waals surface area contributed by atoms with E-state index in [2.05, 4.69) is 11.9 Å². The number of nitrogens with one attached hydrogen (secondary N) is 1. The van der Waals surface area contributed by atoms with E-state index in [-0.39, 0.29) is 13.0 Å². The van der Waals surface area contributed by atoms with Crippen LogP contribution >= 0.6 is 0 Å². The molecule has 0 saturated carbocycles. The quantitative estimate of drug-likeness (QED) is 0.386. The van der Waals surface area contributed by atoms with Crippen LogP contribution in [0.3, 0.4) is 0 Å². The average Bonchev–Trinajstić information content (AvgIpc) is 2.55. The smallest absolute Gasteiger partial charge is 0.332 e. The van der Waals surface area contributed by atoms with Gasteiger partial charge in [-0.25, -0.2) is 4.79 Å². The predicted octanol–water partition coefficient (Wildman–Crippen LogP) is 1.36. The summed E-state index contributed by atoms with van der Waals surface area (Å²) in [6.07, 6.45) is -0.00936. The van der Waals surface area contributed by atoms with Gasteiger partial charge < -0.3 is 14.6 Å². The summed E-state index contributed by atoms with van der Waals surface area (Å²) in [6.45, 7) is 3.60. The van der Waals surface area contributed by atoms with Gasteiger partial charge in [-0.2, -0.15) is 0 Å². The van der Waals surface area contributed by atoms with Crippen molar-refractivity contribution in [3.05, 3.63) is 48.6 Å². The molecule has 0 fully saturated rings. The van der Waals surface area contributed by atoms with Crippen molar-refractivity contribution in [1.29, 1.82) is 0 Å². The molecule has 0 amide bonds. The van der Waals surface area contributed by atoms with Crippen LogP contribution in [0, 0.1) is 0 Å². The highest BCUT2D eigenvalue weighted by Crippen LogP contribution is 2.19. The normalized spacial score (nSPS) is 13.6. The molecular weight excluding hydrogens is 286 g/mol. The third kappa shape index (κ3) is 4.24. The Morgan fingerprint density at radius 2 is 1.91 bits per heavy atom. The van der Waals surface area contributed by atoms with Gasteiger partial charge in [-0.1, -0.05) is 36.9 Å². The van der Waals surface area contributed by atoms with E-state index in [4.69, 9.17) is 9.47 Å². The minimum Gasteiger partial charge on any atom is -0.480 e. The standard InChI is InChI=1S/C16H21NO5/c1-4-13(18)16(15(19)20,10-14(21-2)22-3)17-11-12-8-6-5-7-9-12/h4-9,14,17H,1,10-11H2,2-3H3,(H,19,20). The van der Waals surface area contributed by atoms with Crippen molar-refractivity contribution in [1.82, 2.24) is 5.32 Å². The van der Waals surface area contributed by atoms with E-state index in [1.165, 1.54) is 14.2 Å². The lowest BCUT2D eigenvalue weighted by Gasteiger charge is -2.31. The Kier molecular flexibility index (Phi) is 6.91. The predicted molar refractivity (Wildman–Crippen MR) is 81.3 cm³/mol. The molecule has 0 saturated heterocycles. The van der Waals surface area contributed by atoms with E-state index < -0.39 is 23.6 Å². The van der Waals surface area contributed by atoms with E-state index in [9.17, 15) is 14.7 Å². The third-order valence-electron chi connectivity index (χ3n) is 3.41. The molecule has 1 aromatic carbocycles. The average molecular weight is 307 g/mol. The number of benzene rings is 1. The molecule has 1 atom stereocenters. The van der Waals surface area contributed by atoms with Crippen LogP contribution < -0.4 is 5.32 Å². The molecular formula is C16H21NO5. The van der Waals surface area contributed by atoms with E-state index in [1.54, 1.807) is 0 Å². The van der Waals surface area contributed by atoms with Gasteiger partial charge in [0.1, 0.15) is 0 Å². The summed E-state index contributed by atoms with van der Waals surface area (Å²) in [5.41, 5.74) is -0.995. The number of hydrogen-bond donors (Lipinski definition) is 2. The minimum atomic E-state index is -1.85. The number of carboxylic acid groups (broad SMARTS) is 1. The molecule has 0 radical (unpaired) electrons. The maximum absolute atomic E-state index is 12.2. The van der Waals surface area contributed by atoms with Crippen molar-refractivity contribution >= 4 is 11.8 Å². The van der Waals surface area contributed by atoms with Gasteiger partial charge in [0.15, 0.2) is 17.6 Å². The number of carboxylic acids is 1. The van der Waals surface area contributed by atoms with Crippen molar-refractivity contribution < 1.29 is 24.2 Å². The summed E-state index contributed by atoms with van der Waals surface area (Å²) in [5, 5.41) is 12.4. The summed E-state index contributed by atoms with van der Waals surface area (Å²) in [4.78, 5) is 24.0. The fourth-order valence-electron chi connectivity index (χ4n) is 2.06. The highest BCUT2D eigenvalue weighted by molar-refractivity contribution is 6.12. The lowest BCUT2D eigenvalue weighted by molar-refractivity contribution is -0.160. The molecule has 0 bridgehead atoms. The number of rotatable bonds is 10. The number of ketones is 1. The van der Waals surface area contributed by atoms with Gasteiger partial charge in [0.05, 0.1) is 0 Å². The molecule has 0 heterocycles. The molecule has 0 spiro atoms. The zero-order chi connectivity index (χ0) is 16.6. The first kappa shape index (κ1) is 18.0. The van der Waals surface area contributed by atoms with Gasteiger partial charge >= 0.3 is 5.97 Å². The monoisotopic (exact) mass is 307 g/mol. The molecule has 22 heavy (non-hydrogen) atoms. The molecule has 1 aromatic rings. The largest absolute Gasteiger partial charge is 0.480 e. The first-order chi connectivity index (χ1) is 10.5. The molecule has 1 unspecified atom stereocenters. The van der Waals surface area contributed by atoms with Gasteiger partial charge in [-0.3, -0.25) is 10.1 Å². The van der Waals surface area contributed by atoms with Crippen molar-refractivity contribution in [2.75, 3.05) is 14.2 Å². The van der Waals surface area contributed by atoms with Crippen molar-refractivity contribution in [2.45, 2.75) is 24.8 Å². The summed E-state index contributed by atoms with van der Waals surface area (Å²) in [6, 6.07) is 9.20. The lowest BCUT2D eigenvalue weighted by Crippen LogP contribution is -2.59. The third-order valence-corrected chi connectivity index (χ3v) is 3.41. The van der Waals surface area contributed by atoms with Crippen LogP contribution in [0.4, 0.5) is 0 Å². The molecule has 0 aliphatic heterocycles. The highest BCUT2D eigenvalue weighted by Gasteiger charge is 2.46. The number of ether oxygens (including phenoxy) is 2. The van der Waals surface area contributed by atoms with Gasteiger partial charge in [-0.15, -0.1) is 0 Å². The Hall–Kier alpha value is -2.02. The number of hydrogen-bond acceptors (Lipinski definition) is 5. The van der Waals surface area contributed by atoms with Crippen LogP contribution in [0.15, 0.2) is 43.0 Å². The molecule has 0 aliphatic rings. The SMILES string of the molecule is C=CC(=O)C(CC(OC)OC)(NCc1ccccc1)C(=O)O. The number of methoxy groups -OCH3 is 2. The zero-order valence-corrected chi connectivity index (χ0v) is 12.7. The number of carbonyl (C=O) groups excluding carboxylic acids is 1. The summed E-state index contributed by atoms with van der Waals surface area (Å²) >= 11 is 0. The molecule has 120 valence electrons. The molecule has 1 rings (SSSR count). The Morgan fingerprint density at radius 1 is 1.32 bits per heavy atom. The number of carbonyl (C=O) groups is 2. The molecule has 2 N–H and O–H groups in total. The first-order valence-corrected chi connectivity index (χ1v) is 6.75. The maximum Gasteiger partial charge on any atom is 0.332 e. The van der Waals surface area contributed by atoms with Crippen LogP contribution in [-0.2, 0) is 25.6 Å². The lowest BCUT2D eigenvalue weighted by atomic mass is 9.89. The van der Waals surface area contributed by atoms with Crippen molar-refractivity contribution in [3.8, 4) is 0 Å². The van der Waals surface area contributed by atoms with E-state index in [0.29, 0.717) is 0 Å². The van der Waals surface area contributed by atoms with Gasteiger partial charge in [0.25, 0.3) is 0 Å². The Balaban J connectivity index is 3.04. The van der Waals surface area contributed by atoms with Gasteiger partial charge in [0, 0.05) is 27.2 Å². The Labute approximate surface area is 129 Å². The summed E-state index contributed by atoms with van der Waals surface area (Å²) < 4.78 is 10.1. The van der Waals surface area contributed by atoms with Gasteiger partial charge in [0.2, 0.25) is 0 Å². The fourth-order valence-corrected chi connectivity index (χ4v) is 2.06. The minimum absolute atomic E-state index is 0.174. The van der Waals surface area contributed by atoms with Crippen LogP contribution in [-0.4, -0.2) is 42.9 Å². The first-order valence-electron chi connectivity index (χ1n) is 6.75. The Morgan fingerprint density at radius 3 is 2.36 bits per heavy atom. The zero-order valence-electron chi connectivity index (χ0n) is 12.7. The summed E-state index contributed by atoms with van der Waals surface area (Å²) in [5.74, 6) is -1.94. The second-order valence-electron chi connectivity index (χ2n) is 4.72. The Bertz CT molecular complexity index is 513. The van der Waals surface area contributed by atoms with E-state index in [1.807, 2.05) is 30.3 Å². The van der Waals surface area contributed by atoms with Crippen LogP contribution in [0.5, 0.6) is 0 Å². The van der Waals surface area contributed by atoms with Gasteiger partial charge in [-0.05, 0) is 11.6 Å². The fraction of sp³-hybridized carbons (Fsp3) is 0.375. The van der Waals surface area contributed by atoms with E-state index >= 15 is 0 Å². The van der Waals surface area contributed by atoms with Crippen LogP contribution in [0.2, 0.25) is 0 Å². The summed E-state index contributed by atoms with van der Waals surface area (Å²) in [7, 11) is 2.77. The van der Waals surface area contributed by atoms with Crippen LogP contribution in [0.25, 0.3) is 0 Å². The highest BCUT2D eigenvalue weighted by atomic mass is 16.7. The van der Waals surface area contributed by atoms with Crippen LogP contribution in [0.1, 0.15) is 12.0 Å². The maximum atomic E-state index is 12.2. The molecule has 6 heteroatoms. The number of aliphatic carboxylic acids is 1.